The van der Waals surface area contributed by atoms with Gasteiger partial charge in [0.2, 0.25) is 0 Å². The third kappa shape index (κ3) is 2.69. The molecule has 1 aliphatic rings. The Balaban J connectivity index is 2.01. The molecule has 2 rings (SSSR count). The number of nitrogens with zero attached hydrogens (tertiary/aromatic N) is 2. The molecule has 1 aliphatic heterocycles. The van der Waals surface area contributed by atoms with Crippen LogP contribution in [0.15, 0.2) is 6.07 Å². The van der Waals surface area contributed by atoms with E-state index in [-0.39, 0.29) is 18.1 Å². The van der Waals surface area contributed by atoms with Crippen LogP contribution in [0.25, 0.3) is 0 Å². The lowest BCUT2D eigenvalue weighted by Crippen LogP contribution is -2.30. The van der Waals surface area contributed by atoms with Gasteiger partial charge in [0.25, 0.3) is 0 Å². The highest BCUT2D eigenvalue weighted by molar-refractivity contribution is 5.10. The minimum absolute atomic E-state index is 0.222. The first-order chi connectivity index (χ1) is 8.11. The summed E-state index contributed by atoms with van der Waals surface area (Å²) in [7, 11) is 1.93. The van der Waals surface area contributed by atoms with Crippen molar-refractivity contribution < 1.29 is 9.84 Å². The molecule has 0 aliphatic carbocycles. The van der Waals surface area contributed by atoms with E-state index in [1.165, 1.54) is 0 Å². The number of aliphatic hydroxyl groups is 1. The maximum atomic E-state index is 10.3. The molecular formula is C13H22N2O2. The third-order valence-corrected chi connectivity index (χ3v) is 3.67. The summed E-state index contributed by atoms with van der Waals surface area (Å²) in [5, 5.41) is 14.6. The van der Waals surface area contributed by atoms with Gasteiger partial charge < -0.3 is 9.84 Å². The number of hydrogen-bond donors (Lipinski definition) is 1. The van der Waals surface area contributed by atoms with Crippen molar-refractivity contribution in [3.8, 4) is 0 Å². The van der Waals surface area contributed by atoms with Crippen LogP contribution in [0, 0.1) is 12.8 Å². The number of rotatable bonds is 4. The van der Waals surface area contributed by atoms with Crippen LogP contribution in [-0.4, -0.2) is 33.7 Å². The van der Waals surface area contributed by atoms with Crippen LogP contribution in [0.3, 0.4) is 0 Å². The van der Waals surface area contributed by atoms with Crippen molar-refractivity contribution in [3.63, 3.8) is 0 Å². The van der Waals surface area contributed by atoms with Gasteiger partial charge in [0, 0.05) is 31.7 Å². The molecule has 1 aromatic heterocycles. The lowest BCUT2D eigenvalue weighted by Gasteiger charge is -2.22. The number of aryl methyl sites for hydroxylation is 2. The Morgan fingerprint density at radius 1 is 1.65 bits per heavy atom. The zero-order valence-corrected chi connectivity index (χ0v) is 10.9. The van der Waals surface area contributed by atoms with E-state index < -0.39 is 0 Å². The van der Waals surface area contributed by atoms with Gasteiger partial charge in [-0.25, -0.2) is 0 Å². The maximum absolute atomic E-state index is 10.3. The van der Waals surface area contributed by atoms with Crippen LogP contribution in [-0.2, 0) is 18.2 Å². The number of hydrogen-bond acceptors (Lipinski definition) is 3. The van der Waals surface area contributed by atoms with E-state index in [9.17, 15) is 5.11 Å². The predicted octanol–water partition coefficient (Wildman–Crippen LogP) is 1.45. The fourth-order valence-electron chi connectivity index (χ4n) is 2.75. The molecule has 0 saturated carbocycles. The molecule has 1 fully saturated rings. The Hall–Kier alpha value is -0.870. The Bertz CT molecular complexity index is 375. The number of aliphatic hydroxyl groups excluding tert-OH is 1. The van der Waals surface area contributed by atoms with E-state index in [2.05, 4.69) is 12.0 Å². The molecule has 1 aromatic rings. The van der Waals surface area contributed by atoms with E-state index in [0.717, 1.165) is 30.8 Å². The van der Waals surface area contributed by atoms with E-state index in [4.69, 9.17) is 4.74 Å². The van der Waals surface area contributed by atoms with Crippen LogP contribution in [0.5, 0.6) is 0 Å². The van der Waals surface area contributed by atoms with Gasteiger partial charge in [-0.05, 0) is 25.8 Å². The predicted molar refractivity (Wildman–Crippen MR) is 65.8 cm³/mol. The first-order valence-corrected chi connectivity index (χ1v) is 6.41. The quantitative estimate of drug-likeness (QED) is 0.863. The lowest BCUT2D eigenvalue weighted by atomic mass is 9.90. The molecule has 3 unspecified atom stereocenters. The molecule has 0 bridgehead atoms. The van der Waals surface area contributed by atoms with Crippen LogP contribution >= 0.6 is 0 Å². The van der Waals surface area contributed by atoms with Crippen molar-refractivity contribution in [1.29, 1.82) is 0 Å². The van der Waals surface area contributed by atoms with Crippen LogP contribution < -0.4 is 0 Å². The van der Waals surface area contributed by atoms with Crippen molar-refractivity contribution in [2.45, 2.75) is 45.3 Å². The molecule has 4 heteroatoms. The number of ether oxygens (including phenoxy) is 1. The van der Waals surface area contributed by atoms with Crippen LogP contribution in [0.1, 0.15) is 31.2 Å². The zero-order valence-electron chi connectivity index (χ0n) is 10.9. The molecule has 0 radical (unpaired) electrons. The van der Waals surface area contributed by atoms with Gasteiger partial charge >= 0.3 is 0 Å². The molecule has 1 saturated heterocycles. The topological polar surface area (TPSA) is 47.3 Å². The Morgan fingerprint density at radius 2 is 2.41 bits per heavy atom. The molecule has 4 nitrogen and oxygen atoms in total. The molecular weight excluding hydrogens is 216 g/mol. The Kier molecular flexibility index (Phi) is 3.84. The van der Waals surface area contributed by atoms with Gasteiger partial charge in [0.15, 0.2) is 0 Å². The van der Waals surface area contributed by atoms with Gasteiger partial charge in [-0.1, -0.05) is 6.92 Å². The summed E-state index contributed by atoms with van der Waals surface area (Å²) in [4.78, 5) is 0. The maximum Gasteiger partial charge on any atom is 0.0649 e. The molecule has 3 atom stereocenters. The van der Waals surface area contributed by atoms with E-state index >= 15 is 0 Å². The van der Waals surface area contributed by atoms with E-state index in [1.807, 2.05) is 24.7 Å². The molecule has 2 heterocycles. The highest BCUT2D eigenvalue weighted by Crippen LogP contribution is 2.28. The fourth-order valence-corrected chi connectivity index (χ4v) is 2.75. The first-order valence-electron chi connectivity index (χ1n) is 6.41. The van der Waals surface area contributed by atoms with Gasteiger partial charge in [-0.15, -0.1) is 0 Å². The number of aromatic nitrogens is 2. The average Bonchev–Trinajstić information content (AvgIpc) is 2.85. The highest BCUT2D eigenvalue weighted by Gasteiger charge is 2.32. The first kappa shape index (κ1) is 12.6. The summed E-state index contributed by atoms with van der Waals surface area (Å²) in [5.41, 5.74) is 2.10. The molecule has 96 valence electrons. The second-order valence-electron chi connectivity index (χ2n) is 4.94. The minimum atomic E-state index is -0.322. The monoisotopic (exact) mass is 238 g/mol. The summed E-state index contributed by atoms with van der Waals surface area (Å²) in [5.74, 6) is 0.273. The summed E-state index contributed by atoms with van der Waals surface area (Å²) >= 11 is 0. The molecule has 0 aromatic carbocycles. The average molecular weight is 238 g/mol. The third-order valence-electron chi connectivity index (χ3n) is 3.67. The summed E-state index contributed by atoms with van der Waals surface area (Å²) < 4.78 is 7.48. The molecule has 0 amide bonds. The van der Waals surface area contributed by atoms with Crippen molar-refractivity contribution >= 4 is 0 Å². The summed E-state index contributed by atoms with van der Waals surface area (Å²) in [6.45, 7) is 4.87. The fraction of sp³-hybridized carbons (Fsp3) is 0.769. The van der Waals surface area contributed by atoms with Gasteiger partial charge in [-0.2, -0.15) is 5.10 Å². The van der Waals surface area contributed by atoms with Crippen molar-refractivity contribution in [2.24, 2.45) is 13.0 Å². The lowest BCUT2D eigenvalue weighted by molar-refractivity contribution is 0.0310. The van der Waals surface area contributed by atoms with E-state index in [0.29, 0.717) is 6.42 Å². The van der Waals surface area contributed by atoms with Crippen LogP contribution in [0.2, 0.25) is 0 Å². The van der Waals surface area contributed by atoms with Crippen LogP contribution in [0.4, 0.5) is 0 Å². The standard InChI is InChI=1S/C13H22N2O2/c1-4-13-11(5-6-17-13)12(16)8-10-7-9(2)14-15(10)3/h7,11-13,16H,4-6,8H2,1-3H3. The summed E-state index contributed by atoms with van der Waals surface area (Å²) in [6, 6.07) is 2.04. The highest BCUT2D eigenvalue weighted by atomic mass is 16.5. The zero-order chi connectivity index (χ0) is 12.4. The molecule has 17 heavy (non-hydrogen) atoms. The van der Waals surface area contributed by atoms with E-state index in [1.54, 1.807) is 0 Å². The second-order valence-corrected chi connectivity index (χ2v) is 4.94. The van der Waals surface area contributed by atoms with Gasteiger partial charge in [0.1, 0.15) is 0 Å². The largest absolute Gasteiger partial charge is 0.392 e. The van der Waals surface area contributed by atoms with Gasteiger partial charge in [-0.3, -0.25) is 4.68 Å². The van der Waals surface area contributed by atoms with Crippen molar-refractivity contribution in [1.82, 2.24) is 9.78 Å². The smallest absolute Gasteiger partial charge is 0.0649 e. The minimum Gasteiger partial charge on any atom is -0.392 e. The SMILES string of the molecule is CCC1OCCC1C(O)Cc1cc(C)nn1C. The van der Waals surface area contributed by atoms with Crippen molar-refractivity contribution in [2.75, 3.05) is 6.61 Å². The molecule has 0 spiro atoms. The summed E-state index contributed by atoms with van der Waals surface area (Å²) in [6.07, 6.45) is 2.52. The second kappa shape index (κ2) is 5.19. The normalized spacial score (nSPS) is 26.4. The molecule has 1 N–H and O–H groups in total. The Morgan fingerprint density at radius 3 is 3.00 bits per heavy atom. The van der Waals surface area contributed by atoms with Gasteiger partial charge in [0.05, 0.1) is 17.9 Å². The Labute approximate surface area is 103 Å². The van der Waals surface area contributed by atoms with Crippen molar-refractivity contribution in [3.05, 3.63) is 17.5 Å².